The Balaban J connectivity index is 0.976. The van der Waals surface area contributed by atoms with Crippen LogP contribution in [-0.2, 0) is 71.2 Å². The van der Waals surface area contributed by atoms with Gasteiger partial charge in [-0.3, -0.25) is 34.2 Å². The third-order valence-corrected chi connectivity index (χ3v) is 9.25. The monoisotopic (exact) mass is 917 g/mol. The molecule has 2 aliphatic rings. The molecule has 1 aromatic carbocycles. The highest BCUT2D eigenvalue weighted by molar-refractivity contribution is 6.26. The molecule has 1 fully saturated rings. The Kier molecular flexibility index (Phi) is 31.3. The second kappa shape index (κ2) is 36.6. The minimum Gasteiger partial charge on any atom is -0.379 e. The second-order valence-corrected chi connectivity index (χ2v) is 14.1. The first-order valence-electron chi connectivity index (χ1n) is 22.1. The molecule has 0 radical (unpaired) electrons. The quantitative estimate of drug-likeness (QED) is 0.0704. The SMILES string of the molecule is O=C1CCC(N2C(=O)c3cccc(NC(=O)CCCCCOCCOCCOCCOCCOCCOCCOCCOCCOCCOCCOCCOCCF)c3C2=O)C(=O)N1. The van der Waals surface area contributed by atoms with Crippen LogP contribution in [0.5, 0.6) is 0 Å². The number of carbonyl (C=O) groups excluding carboxylic acids is 5. The summed E-state index contributed by atoms with van der Waals surface area (Å²) in [6, 6.07) is 3.52. The van der Waals surface area contributed by atoms with Crippen LogP contribution in [0.2, 0.25) is 0 Å². The van der Waals surface area contributed by atoms with E-state index in [9.17, 15) is 28.4 Å². The van der Waals surface area contributed by atoms with Crippen molar-refractivity contribution in [2.75, 3.05) is 171 Å². The van der Waals surface area contributed by atoms with Crippen LogP contribution in [0.25, 0.3) is 0 Å². The van der Waals surface area contributed by atoms with Crippen molar-refractivity contribution in [2.24, 2.45) is 0 Å². The molecule has 0 saturated carbocycles. The Morgan fingerprint density at radius 3 is 1.36 bits per heavy atom. The normalized spacial score (nSPS) is 15.0. The third-order valence-electron chi connectivity index (χ3n) is 9.25. The predicted molar refractivity (Wildman–Crippen MR) is 226 cm³/mol. The lowest BCUT2D eigenvalue weighted by atomic mass is 10.0. The number of ether oxygens (including phenoxy) is 12. The summed E-state index contributed by atoms with van der Waals surface area (Å²) in [7, 11) is 0. The highest BCUT2D eigenvalue weighted by Gasteiger charge is 2.45. The maximum absolute atomic E-state index is 13.2. The number of alkyl halides is 1. The summed E-state index contributed by atoms with van der Waals surface area (Å²) in [4.78, 5) is 63.6. The number of nitrogens with zero attached hydrogens (tertiary/aromatic N) is 1. The number of benzene rings is 1. The van der Waals surface area contributed by atoms with Crippen molar-refractivity contribution in [2.45, 2.75) is 44.6 Å². The van der Waals surface area contributed by atoms with E-state index in [1.807, 2.05) is 0 Å². The summed E-state index contributed by atoms with van der Waals surface area (Å²) >= 11 is 0. The number of unbranched alkanes of at least 4 members (excludes halogenated alkanes) is 2. The van der Waals surface area contributed by atoms with Gasteiger partial charge in [0.2, 0.25) is 17.7 Å². The highest BCUT2D eigenvalue weighted by atomic mass is 19.1. The van der Waals surface area contributed by atoms with Crippen LogP contribution in [0.3, 0.4) is 0 Å². The lowest BCUT2D eigenvalue weighted by Crippen LogP contribution is -2.54. The second-order valence-electron chi connectivity index (χ2n) is 14.1. The standard InChI is InChI=1S/C43H68FN3O17/c44-10-12-54-14-16-56-18-20-58-22-24-60-26-28-62-30-32-64-34-33-63-31-29-61-27-25-59-23-21-57-19-17-55-15-13-53-11-3-1-2-7-38(48)45-36-6-4-5-35-40(36)43(52)47(42(35)51)37-8-9-39(49)46-41(37)50/h4-6,37H,1-3,7-34H2,(H,45,48)(H,46,49,50). The van der Waals surface area contributed by atoms with Gasteiger partial charge in [0.15, 0.2) is 0 Å². The zero-order chi connectivity index (χ0) is 45.7. The van der Waals surface area contributed by atoms with Gasteiger partial charge in [-0.15, -0.1) is 0 Å². The minimum absolute atomic E-state index is 0.0247. The fourth-order valence-corrected chi connectivity index (χ4v) is 6.07. The lowest BCUT2D eigenvalue weighted by Gasteiger charge is -2.27. The van der Waals surface area contributed by atoms with E-state index in [-0.39, 0.29) is 48.6 Å². The van der Waals surface area contributed by atoms with Gasteiger partial charge in [-0.2, -0.15) is 0 Å². The Labute approximate surface area is 374 Å². The molecule has 2 heterocycles. The largest absolute Gasteiger partial charge is 0.379 e. The average Bonchev–Trinajstić information content (AvgIpc) is 3.54. The smallest absolute Gasteiger partial charge is 0.264 e. The van der Waals surface area contributed by atoms with Crippen molar-refractivity contribution in [1.29, 1.82) is 0 Å². The van der Waals surface area contributed by atoms with Crippen molar-refractivity contribution in [1.82, 2.24) is 10.2 Å². The number of imide groups is 2. The fraction of sp³-hybridized carbons (Fsp3) is 0.744. The van der Waals surface area contributed by atoms with Gasteiger partial charge in [-0.05, 0) is 31.4 Å². The van der Waals surface area contributed by atoms with Gasteiger partial charge in [0.25, 0.3) is 11.8 Å². The molecular formula is C43H68FN3O17. The third kappa shape index (κ3) is 24.1. The first kappa shape index (κ1) is 54.8. The van der Waals surface area contributed by atoms with Gasteiger partial charge in [0.1, 0.15) is 12.7 Å². The Morgan fingerprint density at radius 2 is 0.953 bits per heavy atom. The molecule has 20 nitrogen and oxygen atoms in total. The number of rotatable bonds is 43. The van der Waals surface area contributed by atoms with Crippen LogP contribution >= 0.6 is 0 Å². The number of nitrogens with one attached hydrogen (secondary N) is 2. The Hall–Kier alpha value is -3.58. The zero-order valence-electron chi connectivity index (χ0n) is 37.0. The van der Waals surface area contributed by atoms with Crippen molar-refractivity contribution in [3.63, 3.8) is 0 Å². The Bertz CT molecular complexity index is 1460. The number of amides is 5. The molecule has 364 valence electrons. The van der Waals surface area contributed by atoms with Crippen molar-refractivity contribution in [3.05, 3.63) is 29.3 Å². The van der Waals surface area contributed by atoms with E-state index in [1.54, 1.807) is 12.1 Å². The lowest BCUT2D eigenvalue weighted by molar-refractivity contribution is -0.136. The topological polar surface area (TPSA) is 223 Å². The molecule has 0 bridgehead atoms. The minimum atomic E-state index is -1.08. The number of hydrogen-bond acceptors (Lipinski definition) is 17. The van der Waals surface area contributed by atoms with E-state index in [0.717, 1.165) is 17.7 Å². The number of fused-ring (bicyclic) bond motifs is 1. The van der Waals surface area contributed by atoms with E-state index in [1.165, 1.54) is 6.07 Å². The van der Waals surface area contributed by atoms with E-state index in [2.05, 4.69) is 10.6 Å². The molecule has 1 unspecified atom stereocenters. The maximum Gasteiger partial charge on any atom is 0.264 e. The number of hydrogen-bond donors (Lipinski definition) is 2. The number of halogens is 1. The summed E-state index contributed by atoms with van der Waals surface area (Å²) in [6.45, 7) is 10.1. The Morgan fingerprint density at radius 1 is 0.547 bits per heavy atom. The molecule has 21 heteroatoms. The van der Waals surface area contributed by atoms with Crippen LogP contribution in [-0.4, -0.2) is 206 Å². The van der Waals surface area contributed by atoms with Crippen molar-refractivity contribution >= 4 is 35.2 Å². The molecule has 1 aromatic rings. The molecular weight excluding hydrogens is 849 g/mol. The first-order valence-corrected chi connectivity index (χ1v) is 22.1. The summed E-state index contributed by atoms with van der Waals surface area (Å²) in [5, 5.41) is 4.90. The van der Waals surface area contributed by atoms with Crippen molar-refractivity contribution < 1.29 is 85.2 Å². The maximum atomic E-state index is 13.2. The summed E-state index contributed by atoms with van der Waals surface area (Å²) in [5.41, 5.74) is 0.370. The molecule has 1 saturated heterocycles. The fourth-order valence-electron chi connectivity index (χ4n) is 6.07. The number of piperidine rings is 1. The van der Waals surface area contributed by atoms with Crippen LogP contribution in [0, 0.1) is 0 Å². The summed E-state index contributed by atoms with van der Waals surface area (Å²) < 4.78 is 77.0. The van der Waals surface area contributed by atoms with E-state index in [0.29, 0.717) is 158 Å². The summed E-state index contributed by atoms with van der Waals surface area (Å²) in [6.07, 6.45) is 2.42. The number of carbonyl (C=O) groups is 5. The molecule has 0 aliphatic carbocycles. The predicted octanol–water partition coefficient (Wildman–Crippen LogP) is 1.76. The van der Waals surface area contributed by atoms with Gasteiger partial charge in [-0.25, -0.2) is 4.39 Å². The van der Waals surface area contributed by atoms with Crippen LogP contribution in [0.15, 0.2) is 18.2 Å². The molecule has 64 heavy (non-hydrogen) atoms. The summed E-state index contributed by atoms with van der Waals surface area (Å²) in [5.74, 6) is -2.73. The van der Waals surface area contributed by atoms with E-state index in [4.69, 9.17) is 56.8 Å². The number of anilines is 1. The van der Waals surface area contributed by atoms with Crippen LogP contribution < -0.4 is 10.6 Å². The van der Waals surface area contributed by atoms with Crippen molar-refractivity contribution in [3.8, 4) is 0 Å². The van der Waals surface area contributed by atoms with E-state index < -0.39 is 36.3 Å². The first-order chi connectivity index (χ1) is 31.4. The van der Waals surface area contributed by atoms with Gasteiger partial charge in [0.05, 0.1) is 169 Å². The van der Waals surface area contributed by atoms with E-state index >= 15 is 0 Å². The van der Waals surface area contributed by atoms with Gasteiger partial charge in [0, 0.05) is 19.4 Å². The van der Waals surface area contributed by atoms with Crippen LogP contribution in [0.4, 0.5) is 10.1 Å². The van der Waals surface area contributed by atoms with Crippen LogP contribution in [0.1, 0.15) is 59.2 Å². The molecule has 0 aromatic heterocycles. The molecule has 2 aliphatic heterocycles. The molecule has 2 N–H and O–H groups in total. The van der Waals surface area contributed by atoms with Gasteiger partial charge >= 0.3 is 0 Å². The molecule has 0 spiro atoms. The molecule has 5 amide bonds. The molecule has 3 rings (SSSR count). The van der Waals surface area contributed by atoms with Gasteiger partial charge < -0.3 is 62.2 Å². The highest BCUT2D eigenvalue weighted by Crippen LogP contribution is 2.32. The zero-order valence-corrected chi connectivity index (χ0v) is 37.0. The average molecular weight is 918 g/mol. The van der Waals surface area contributed by atoms with Gasteiger partial charge in [-0.1, -0.05) is 12.5 Å². The molecule has 1 atom stereocenters.